The third-order valence-corrected chi connectivity index (χ3v) is 6.12. The Kier molecular flexibility index (Phi) is 4.77. The van der Waals surface area contributed by atoms with Crippen LogP contribution in [0.25, 0.3) is 10.6 Å². The predicted octanol–water partition coefficient (Wildman–Crippen LogP) is 5.26. The quantitative estimate of drug-likeness (QED) is 0.800. The maximum Gasteiger partial charge on any atom is 0.123 e. The molecule has 4 heteroatoms. The first kappa shape index (κ1) is 15.2. The van der Waals surface area contributed by atoms with Crippen LogP contribution in [0.15, 0.2) is 22.7 Å². The minimum atomic E-state index is 0.508. The molecule has 0 bridgehead atoms. The van der Waals surface area contributed by atoms with Gasteiger partial charge in [0, 0.05) is 21.0 Å². The fourth-order valence-corrected chi connectivity index (χ4v) is 4.38. The molecule has 1 aliphatic carbocycles. The first-order valence-corrected chi connectivity index (χ1v) is 9.29. The second kappa shape index (κ2) is 6.59. The third-order valence-electron chi connectivity index (χ3n) is 4.01. The summed E-state index contributed by atoms with van der Waals surface area (Å²) in [7, 11) is 0. The summed E-state index contributed by atoms with van der Waals surface area (Å²) < 4.78 is 1.16. The van der Waals surface area contributed by atoms with E-state index in [0.29, 0.717) is 6.04 Å². The molecule has 3 rings (SSSR count). The third kappa shape index (κ3) is 3.22. The standard InChI is InChI=1S/C17H21BrN2S/c1-3-9-19-14-5-4-6-15-16(14)21-17(20-15)12-8-7-11(2)13(18)10-12/h7-8,10,14,19H,3-6,9H2,1-2H3. The second-order valence-electron chi connectivity index (χ2n) is 5.69. The van der Waals surface area contributed by atoms with Crippen LogP contribution in [0.2, 0.25) is 0 Å². The normalized spacial score (nSPS) is 17.8. The van der Waals surface area contributed by atoms with Gasteiger partial charge in [-0.05, 0) is 50.8 Å². The summed E-state index contributed by atoms with van der Waals surface area (Å²) in [6.07, 6.45) is 4.80. The average molecular weight is 365 g/mol. The van der Waals surface area contributed by atoms with Crippen LogP contribution in [0.1, 0.15) is 48.4 Å². The Labute approximate surface area is 139 Å². The van der Waals surface area contributed by atoms with Crippen molar-refractivity contribution in [1.82, 2.24) is 10.3 Å². The summed E-state index contributed by atoms with van der Waals surface area (Å²) in [5.41, 5.74) is 3.80. The summed E-state index contributed by atoms with van der Waals surface area (Å²) in [5.74, 6) is 0. The molecule has 2 nitrogen and oxygen atoms in total. The van der Waals surface area contributed by atoms with Gasteiger partial charge in [0.2, 0.25) is 0 Å². The Morgan fingerprint density at radius 3 is 3.05 bits per heavy atom. The van der Waals surface area contributed by atoms with Crippen molar-refractivity contribution in [3.8, 4) is 10.6 Å². The molecule has 0 radical (unpaired) electrons. The lowest BCUT2D eigenvalue weighted by Gasteiger charge is -2.22. The number of hydrogen-bond acceptors (Lipinski definition) is 3. The average Bonchev–Trinajstić information content (AvgIpc) is 2.92. The van der Waals surface area contributed by atoms with Crippen molar-refractivity contribution in [2.45, 2.75) is 45.6 Å². The van der Waals surface area contributed by atoms with E-state index in [9.17, 15) is 0 Å². The first-order chi connectivity index (χ1) is 10.2. The lowest BCUT2D eigenvalue weighted by atomic mass is 9.98. The molecule has 0 fully saturated rings. The number of hydrogen-bond donors (Lipinski definition) is 1. The minimum Gasteiger partial charge on any atom is -0.309 e. The van der Waals surface area contributed by atoms with Gasteiger partial charge in [0.15, 0.2) is 0 Å². The van der Waals surface area contributed by atoms with E-state index in [2.05, 4.69) is 53.3 Å². The predicted molar refractivity (Wildman–Crippen MR) is 94.0 cm³/mol. The van der Waals surface area contributed by atoms with Gasteiger partial charge in [-0.25, -0.2) is 4.98 Å². The van der Waals surface area contributed by atoms with Gasteiger partial charge in [0.1, 0.15) is 5.01 Å². The van der Waals surface area contributed by atoms with Crippen molar-refractivity contribution in [3.05, 3.63) is 38.8 Å². The van der Waals surface area contributed by atoms with Gasteiger partial charge in [0.05, 0.1) is 5.69 Å². The molecule has 0 saturated heterocycles. The molecular weight excluding hydrogens is 344 g/mol. The van der Waals surface area contributed by atoms with Crippen molar-refractivity contribution < 1.29 is 0 Å². The molecule has 1 aliphatic rings. The van der Waals surface area contributed by atoms with Crippen LogP contribution in [-0.4, -0.2) is 11.5 Å². The second-order valence-corrected chi connectivity index (χ2v) is 7.58. The molecule has 21 heavy (non-hydrogen) atoms. The number of benzene rings is 1. The van der Waals surface area contributed by atoms with Crippen LogP contribution in [0.4, 0.5) is 0 Å². The number of rotatable bonds is 4. The molecule has 0 saturated carbocycles. The van der Waals surface area contributed by atoms with E-state index >= 15 is 0 Å². The fraction of sp³-hybridized carbons (Fsp3) is 0.471. The van der Waals surface area contributed by atoms with Crippen LogP contribution in [0.5, 0.6) is 0 Å². The van der Waals surface area contributed by atoms with Crippen LogP contribution in [0, 0.1) is 6.92 Å². The molecule has 112 valence electrons. The van der Waals surface area contributed by atoms with Gasteiger partial charge in [-0.1, -0.05) is 35.0 Å². The number of thiazole rings is 1. The minimum absolute atomic E-state index is 0.508. The van der Waals surface area contributed by atoms with Crippen molar-refractivity contribution in [1.29, 1.82) is 0 Å². The molecule has 1 N–H and O–H groups in total. The summed E-state index contributed by atoms with van der Waals surface area (Å²) in [4.78, 5) is 6.37. The van der Waals surface area contributed by atoms with E-state index in [1.165, 1.54) is 41.0 Å². The van der Waals surface area contributed by atoms with Crippen molar-refractivity contribution in [2.24, 2.45) is 0 Å². The lowest BCUT2D eigenvalue weighted by Crippen LogP contribution is -2.24. The zero-order valence-corrected chi connectivity index (χ0v) is 15.0. The molecule has 1 heterocycles. The Morgan fingerprint density at radius 2 is 2.29 bits per heavy atom. The Morgan fingerprint density at radius 1 is 1.43 bits per heavy atom. The smallest absolute Gasteiger partial charge is 0.123 e. The number of aryl methyl sites for hydroxylation is 2. The zero-order chi connectivity index (χ0) is 14.8. The number of fused-ring (bicyclic) bond motifs is 1. The topological polar surface area (TPSA) is 24.9 Å². The highest BCUT2D eigenvalue weighted by molar-refractivity contribution is 9.10. The number of nitrogens with zero attached hydrogens (tertiary/aromatic N) is 1. The molecule has 2 aromatic rings. The van der Waals surface area contributed by atoms with Gasteiger partial charge >= 0.3 is 0 Å². The van der Waals surface area contributed by atoms with Crippen LogP contribution in [-0.2, 0) is 6.42 Å². The van der Waals surface area contributed by atoms with Crippen molar-refractivity contribution in [3.63, 3.8) is 0 Å². The summed E-state index contributed by atoms with van der Waals surface area (Å²) >= 11 is 5.49. The van der Waals surface area contributed by atoms with E-state index in [0.717, 1.165) is 22.4 Å². The maximum absolute atomic E-state index is 4.91. The number of halogens is 1. The fourth-order valence-electron chi connectivity index (χ4n) is 2.78. The Balaban J connectivity index is 1.91. The lowest BCUT2D eigenvalue weighted by molar-refractivity contribution is 0.465. The molecule has 1 unspecified atom stereocenters. The molecule has 0 spiro atoms. The van der Waals surface area contributed by atoms with Gasteiger partial charge < -0.3 is 5.32 Å². The van der Waals surface area contributed by atoms with E-state index in [4.69, 9.17) is 4.98 Å². The summed E-state index contributed by atoms with van der Waals surface area (Å²) in [5, 5.41) is 4.83. The first-order valence-electron chi connectivity index (χ1n) is 7.68. The summed E-state index contributed by atoms with van der Waals surface area (Å²) in [6.45, 7) is 5.43. The Bertz CT molecular complexity index is 636. The zero-order valence-electron chi connectivity index (χ0n) is 12.6. The van der Waals surface area contributed by atoms with E-state index < -0.39 is 0 Å². The van der Waals surface area contributed by atoms with Gasteiger partial charge in [-0.3, -0.25) is 0 Å². The monoisotopic (exact) mass is 364 g/mol. The highest BCUT2D eigenvalue weighted by atomic mass is 79.9. The molecule has 0 aliphatic heterocycles. The van der Waals surface area contributed by atoms with Crippen molar-refractivity contribution in [2.75, 3.05) is 6.54 Å². The maximum atomic E-state index is 4.91. The molecule has 1 atom stereocenters. The van der Waals surface area contributed by atoms with E-state index in [1.807, 2.05) is 11.3 Å². The van der Waals surface area contributed by atoms with Gasteiger partial charge in [-0.2, -0.15) is 0 Å². The highest BCUT2D eigenvalue weighted by Gasteiger charge is 2.24. The van der Waals surface area contributed by atoms with Gasteiger partial charge in [-0.15, -0.1) is 11.3 Å². The Hall–Kier alpha value is -0.710. The molecular formula is C17H21BrN2S. The molecule has 1 aromatic carbocycles. The largest absolute Gasteiger partial charge is 0.309 e. The highest BCUT2D eigenvalue weighted by Crippen LogP contribution is 2.38. The van der Waals surface area contributed by atoms with Crippen LogP contribution >= 0.6 is 27.3 Å². The summed E-state index contributed by atoms with van der Waals surface area (Å²) in [6, 6.07) is 7.04. The van der Waals surface area contributed by atoms with Crippen LogP contribution in [0.3, 0.4) is 0 Å². The molecule has 0 amide bonds. The van der Waals surface area contributed by atoms with Crippen LogP contribution < -0.4 is 5.32 Å². The number of nitrogens with one attached hydrogen (secondary N) is 1. The SMILES string of the molecule is CCCNC1CCCc2nc(-c3ccc(C)c(Br)c3)sc21. The van der Waals surface area contributed by atoms with Gasteiger partial charge in [0.25, 0.3) is 0 Å². The van der Waals surface area contributed by atoms with E-state index in [-0.39, 0.29) is 0 Å². The molecule has 1 aromatic heterocycles. The van der Waals surface area contributed by atoms with E-state index in [1.54, 1.807) is 0 Å². The number of aromatic nitrogens is 1. The van der Waals surface area contributed by atoms with Crippen molar-refractivity contribution >= 4 is 27.3 Å².